The van der Waals surface area contributed by atoms with Crippen LogP contribution in [0.3, 0.4) is 0 Å². The van der Waals surface area contributed by atoms with Crippen molar-refractivity contribution in [3.8, 4) is 0 Å². The number of aliphatic hydroxyl groups is 1. The van der Waals surface area contributed by atoms with Crippen LogP contribution in [0.4, 0.5) is 0 Å². The number of nitrogens with one attached hydrogen (secondary N) is 1. The summed E-state index contributed by atoms with van der Waals surface area (Å²) in [4.78, 5) is 0. The largest absolute Gasteiger partial charge is 0.396 e. The molecule has 0 amide bonds. The lowest BCUT2D eigenvalue weighted by Crippen LogP contribution is -2.30. The fourth-order valence-corrected chi connectivity index (χ4v) is 1.91. The summed E-state index contributed by atoms with van der Waals surface area (Å²) in [7, 11) is 0. The molecule has 4 heteroatoms. The van der Waals surface area contributed by atoms with E-state index in [1.54, 1.807) is 0 Å². The molecule has 3 nitrogen and oxygen atoms in total. The topological polar surface area (TPSA) is 70.1 Å². The molecule has 0 rings (SSSR count). The predicted octanol–water partition coefficient (Wildman–Crippen LogP) is 1.84. The van der Waals surface area contributed by atoms with Crippen molar-refractivity contribution in [1.29, 1.82) is 5.41 Å². The maximum atomic E-state index is 8.57. The summed E-state index contributed by atoms with van der Waals surface area (Å²) >= 11 is 1.86. The Balaban J connectivity index is 3.40. The van der Waals surface area contributed by atoms with Crippen molar-refractivity contribution in [1.82, 2.24) is 0 Å². The summed E-state index contributed by atoms with van der Waals surface area (Å²) in [5.41, 5.74) is 5.32. The molecule has 0 fully saturated rings. The molecule has 0 aromatic heterocycles. The van der Waals surface area contributed by atoms with Gasteiger partial charge in [-0.3, -0.25) is 5.41 Å². The first-order valence-electron chi connectivity index (χ1n) is 5.04. The van der Waals surface area contributed by atoms with E-state index in [9.17, 15) is 0 Å². The lowest BCUT2D eigenvalue weighted by atomic mass is 9.87. The molecule has 4 N–H and O–H groups in total. The number of rotatable bonds is 8. The first kappa shape index (κ1) is 13.8. The van der Waals surface area contributed by atoms with Crippen molar-refractivity contribution in [3.63, 3.8) is 0 Å². The van der Waals surface area contributed by atoms with E-state index in [4.69, 9.17) is 16.2 Å². The first-order valence-corrected chi connectivity index (χ1v) is 6.19. The van der Waals surface area contributed by atoms with E-state index < -0.39 is 0 Å². The van der Waals surface area contributed by atoms with Gasteiger partial charge in [0.15, 0.2) is 0 Å². The van der Waals surface area contributed by atoms with Gasteiger partial charge in [-0.1, -0.05) is 13.8 Å². The molecule has 0 bridgehead atoms. The van der Waals surface area contributed by atoms with Crippen molar-refractivity contribution in [2.75, 3.05) is 18.1 Å². The van der Waals surface area contributed by atoms with Crippen molar-refractivity contribution in [2.45, 2.75) is 33.1 Å². The van der Waals surface area contributed by atoms with Gasteiger partial charge in [-0.15, -0.1) is 0 Å². The van der Waals surface area contributed by atoms with E-state index in [1.807, 2.05) is 25.6 Å². The van der Waals surface area contributed by atoms with Crippen molar-refractivity contribution >= 4 is 17.6 Å². The second kappa shape index (κ2) is 7.12. The maximum Gasteiger partial charge on any atom is 0.0963 e. The first-order chi connectivity index (χ1) is 6.50. The molecule has 84 valence electrons. The molecule has 0 radical (unpaired) electrons. The number of hydrogen-bond acceptors (Lipinski definition) is 3. The van der Waals surface area contributed by atoms with Crippen molar-refractivity contribution in [3.05, 3.63) is 0 Å². The maximum absolute atomic E-state index is 8.57. The zero-order valence-electron chi connectivity index (χ0n) is 9.18. The lowest BCUT2D eigenvalue weighted by Gasteiger charge is -2.22. The number of thioether (sulfide) groups is 1. The van der Waals surface area contributed by atoms with Gasteiger partial charge >= 0.3 is 0 Å². The molecule has 14 heavy (non-hydrogen) atoms. The van der Waals surface area contributed by atoms with E-state index in [-0.39, 0.29) is 17.9 Å². The quantitative estimate of drug-likeness (QED) is 0.331. The summed E-state index contributed by atoms with van der Waals surface area (Å²) in [5, 5.41) is 15.9. The molecule has 0 saturated carbocycles. The second-order valence-electron chi connectivity index (χ2n) is 4.09. The normalized spacial score (nSPS) is 11.6. The third-order valence-electron chi connectivity index (χ3n) is 2.27. The molecule has 0 unspecified atom stereocenters. The van der Waals surface area contributed by atoms with E-state index >= 15 is 0 Å². The third-order valence-corrected chi connectivity index (χ3v) is 3.42. The Morgan fingerprint density at radius 3 is 2.43 bits per heavy atom. The average Bonchev–Trinajstić information content (AvgIpc) is 2.10. The van der Waals surface area contributed by atoms with Gasteiger partial charge < -0.3 is 10.8 Å². The molecule has 0 aromatic carbocycles. The molecule has 0 aliphatic heterocycles. The van der Waals surface area contributed by atoms with Crippen LogP contribution in [0.1, 0.15) is 33.1 Å². The van der Waals surface area contributed by atoms with Crippen LogP contribution in [0, 0.1) is 10.8 Å². The van der Waals surface area contributed by atoms with Gasteiger partial charge in [0.25, 0.3) is 0 Å². The fourth-order valence-electron chi connectivity index (χ4n) is 1.02. The van der Waals surface area contributed by atoms with E-state index in [0.717, 1.165) is 30.8 Å². The highest BCUT2D eigenvalue weighted by Gasteiger charge is 2.20. The highest BCUT2D eigenvalue weighted by molar-refractivity contribution is 7.99. The summed E-state index contributed by atoms with van der Waals surface area (Å²) in [6, 6.07) is 0. The predicted molar refractivity (Wildman–Crippen MR) is 64.0 cm³/mol. The van der Waals surface area contributed by atoms with Crippen LogP contribution < -0.4 is 5.73 Å². The Kier molecular flexibility index (Phi) is 7.01. The molecule has 0 heterocycles. The zero-order chi connectivity index (χ0) is 11.0. The summed E-state index contributed by atoms with van der Waals surface area (Å²) in [6.07, 6.45) is 2.93. The van der Waals surface area contributed by atoms with E-state index in [1.165, 1.54) is 0 Å². The minimum atomic E-state index is -0.155. The molecule has 0 aromatic rings. The van der Waals surface area contributed by atoms with Gasteiger partial charge in [-0.25, -0.2) is 0 Å². The Labute approximate surface area is 91.0 Å². The smallest absolute Gasteiger partial charge is 0.0963 e. The van der Waals surface area contributed by atoms with Gasteiger partial charge in [0, 0.05) is 12.0 Å². The lowest BCUT2D eigenvalue weighted by molar-refractivity contribution is 0.296. The number of aliphatic hydroxyl groups excluding tert-OH is 1. The van der Waals surface area contributed by atoms with E-state index in [2.05, 4.69) is 0 Å². The van der Waals surface area contributed by atoms with Crippen LogP contribution >= 0.6 is 11.8 Å². The third kappa shape index (κ3) is 6.27. The minimum Gasteiger partial charge on any atom is -0.396 e. The highest BCUT2D eigenvalue weighted by Crippen LogP contribution is 2.22. The van der Waals surface area contributed by atoms with Gasteiger partial charge in [0.2, 0.25) is 0 Å². The van der Waals surface area contributed by atoms with Crippen LogP contribution in [-0.4, -0.2) is 29.1 Å². The number of hydrogen-bond donors (Lipinski definition) is 3. The minimum absolute atomic E-state index is 0.155. The Morgan fingerprint density at radius 2 is 1.93 bits per heavy atom. The van der Waals surface area contributed by atoms with Crippen LogP contribution in [0.15, 0.2) is 0 Å². The molecular weight excluding hydrogens is 196 g/mol. The standard InChI is InChI=1S/C10H22N2OS/c1-10(2,9(11)12)5-3-7-14-8-4-6-13/h13H,3-8H2,1-2H3,(H3,11,12). The molecule has 0 atom stereocenters. The molecule has 0 saturated heterocycles. The van der Waals surface area contributed by atoms with Gasteiger partial charge in [0.1, 0.15) is 0 Å². The van der Waals surface area contributed by atoms with Gasteiger partial charge in [-0.2, -0.15) is 11.8 Å². The molecule has 0 aliphatic rings. The number of amidine groups is 1. The SMILES string of the molecule is CC(C)(CCCSCCCO)C(=N)N. The summed E-state index contributed by atoms with van der Waals surface area (Å²) in [5.74, 6) is 2.39. The van der Waals surface area contributed by atoms with Crippen LogP contribution in [0.2, 0.25) is 0 Å². The molecule has 0 aliphatic carbocycles. The molecule has 0 spiro atoms. The Bertz CT molecular complexity index is 172. The average molecular weight is 218 g/mol. The highest BCUT2D eigenvalue weighted by atomic mass is 32.2. The van der Waals surface area contributed by atoms with Gasteiger partial charge in [0.05, 0.1) is 5.84 Å². The van der Waals surface area contributed by atoms with Gasteiger partial charge in [-0.05, 0) is 30.8 Å². The zero-order valence-corrected chi connectivity index (χ0v) is 9.99. The van der Waals surface area contributed by atoms with Crippen molar-refractivity contribution < 1.29 is 5.11 Å². The fraction of sp³-hybridized carbons (Fsp3) is 0.900. The van der Waals surface area contributed by atoms with Crippen molar-refractivity contribution in [2.24, 2.45) is 11.1 Å². The van der Waals surface area contributed by atoms with E-state index in [0.29, 0.717) is 0 Å². The van der Waals surface area contributed by atoms with Crippen LogP contribution in [0.5, 0.6) is 0 Å². The second-order valence-corrected chi connectivity index (χ2v) is 5.32. The monoisotopic (exact) mass is 218 g/mol. The van der Waals surface area contributed by atoms with Crippen LogP contribution in [-0.2, 0) is 0 Å². The summed E-state index contributed by atoms with van der Waals surface area (Å²) < 4.78 is 0. The summed E-state index contributed by atoms with van der Waals surface area (Å²) in [6.45, 7) is 4.30. The number of nitrogens with two attached hydrogens (primary N) is 1. The van der Waals surface area contributed by atoms with Crippen LogP contribution in [0.25, 0.3) is 0 Å². The molecular formula is C10H22N2OS. The Morgan fingerprint density at radius 1 is 1.36 bits per heavy atom. The Hall–Kier alpha value is -0.220.